The van der Waals surface area contributed by atoms with Gasteiger partial charge in [0.2, 0.25) is 0 Å². The van der Waals surface area contributed by atoms with Gasteiger partial charge in [0.05, 0.1) is 6.42 Å². The number of rotatable bonds is 5. The summed E-state index contributed by atoms with van der Waals surface area (Å²) < 4.78 is 5.68. The van der Waals surface area contributed by atoms with Crippen LogP contribution in [0.15, 0.2) is 30.3 Å². The predicted molar refractivity (Wildman–Crippen MR) is 66.0 cm³/mol. The van der Waals surface area contributed by atoms with E-state index in [1.807, 2.05) is 6.07 Å². The smallest absolute Gasteiger partial charge is 0.321 e. The summed E-state index contributed by atoms with van der Waals surface area (Å²) in [6, 6.07) is 8.08. The highest BCUT2D eigenvalue weighted by Crippen LogP contribution is 2.25. The molecule has 0 spiro atoms. The van der Waals surface area contributed by atoms with Crippen molar-refractivity contribution in [3.63, 3.8) is 0 Å². The van der Waals surface area contributed by atoms with Crippen molar-refractivity contribution in [2.45, 2.75) is 18.6 Å². The molecule has 1 aliphatic rings. The zero-order valence-electron chi connectivity index (χ0n) is 10.2. The number of nitrogens with one attached hydrogen (secondary N) is 1. The first-order valence-corrected chi connectivity index (χ1v) is 5.97. The molecule has 0 bridgehead atoms. The normalized spacial score (nSPS) is 26.0. The first-order chi connectivity index (χ1) is 9.08. The fraction of sp³-hybridized carbons (Fsp3) is 0.385. The second-order valence-corrected chi connectivity index (χ2v) is 4.46. The average Bonchev–Trinajstić information content (AvgIpc) is 2.73. The molecule has 1 aromatic rings. The van der Waals surface area contributed by atoms with Gasteiger partial charge in [-0.2, -0.15) is 0 Å². The SMILES string of the molecule is O=C(O)C[C@H]1C(Oc2ccccc2)CNC1C(=O)O. The highest BCUT2D eigenvalue weighted by molar-refractivity contribution is 5.76. The molecule has 2 unspecified atom stereocenters. The van der Waals surface area contributed by atoms with Crippen LogP contribution in [-0.2, 0) is 9.59 Å². The van der Waals surface area contributed by atoms with E-state index in [4.69, 9.17) is 14.9 Å². The van der Waals surface area contributed by atoms with E-state index in [2.05, 4.69) is 5.32 Å². The van der Waals surface area contributed by atoms with E-state index in [1.54, 1.807) is 24.3 Å². The monoisotopic (exact) mass is 265 g/mol. The zero-order valence-corrected chi connectivity index (χ0v) is 10.2. The van der Waals surface area contributed by atoms with E-state index in [0.29, 0.717) is 12.3 Å². The third-order valence-electron chi connectivity index (χ3n) is 3.15. The summed E-state index contributed by atoms with van der Waals surface area (Å²) in [7, 11) is 0. The van der Waals surface area contributed by atoms with Gasteiger partial charge in [0.15, 0.2) is 0 Å². The number of para-hydroxylation sites is 1. The quantitative estimate of drug-likeness (QED) is 0.720. The molecule has 0 amide bonds. The van der Waals surface area contributed by atoms with Crippen molar-refractivity contribution in [1.29, 1.82) is 0 Å². The number of ether oxygens (including phenoxy) is 1. The first-order valence-electron chi connectivity index (χ1n) is 5.97. The molecule has 2 rings (SSSR count). The van der Waals surface area contributed by atoms with Crippen molar-refractivity contribution < 1.29 is 24.5 Å². The molecule has 0 radical (unpaired) electrons. The molecule has 0 aromatic heterocycles. The van der Waals surface area contributed by atoms with Crippen LogP contribution in [0.5, 0.6) is 5.75 Å². The lowest BCUT2D eigenvalue weighted by molar-refractivity contribution is -0.142. The van der Waals surface area contributed by atoms with Crippen molar-refractivity contribution in [3.8, 4) is 5.75 Å². The number of carbonyl (C=O) groups is 2. The van der Waals surface area contributed by atoms with Crippen molar-refractivity contribution in [1.82, 2.24) is 5.32 Å². The molecular weight excluding hydrogens is 250 g/mol. The largest absolute Gasteiger partial charge is 0.489 e. The Hall–Kier alpha value is -2.08. The fourth-order valence-corrected chi connectivity index (χ4v) is 2.28. The van der Waals surface area contributed by atoms with Crippen LogP contribution in [0.25, 0.3) is 0 Å². The Morgan fingerprint density at radius 1 is 1.26 bits per heavy atom. The molecule has 0 saturated carbocycles. The molecule has 3 atom stereocenters. The van der Waals surface area contributed by atoms with E-state index in [9.17, 15) is 9.59 Å². The molecule has 6 heteroatoms. The topological polar surface area (TPSA) is 95.9 Å². The summed E-state index contributed by atoms with van der Waals surface area (Å²) in [5, 5.41) is 20.7. The Kier molecular flexibility index (Phi) is 4.01. The van der Waals surface area contributed by atoms with Gasteiger partial charge in [-0.25, -0.2) is 0 Å². The molecule has 1 heterocycles. The third kappa shape index (κ3) is 3.23. The van der Waals surface area contributed by atoms with Gasteiger partial charge in [0.25, 0.3) is 0 Å². The van der Waals surface area contributed by atoms with Crippen LogP contribution < -0.4 is 10.1 Å². The maximum Gasteiger partial charge on any atom is 0.321 e. The van der Waals surface area contributed by atoms with E-state index in [0.717, 1.165) is 0 Å². The second-order valence-electron chi connectivity index (χ2n) is 4.46. The lowest BCUT2D eigenvalue weighted by Gasteiger charge is -2.21. The number of aliphatic carboxylic acids is 2. The van der Waals surface area contributed by atoms with E-state index in [1.165, 1.54) is 0 Å². The van der Waals surface area contributed by atoms with E-state index >= 15 is 0 Å². The molecule has 1 fully saturated rings. The van der Waals surface area contributed by atoms with Gasteiger partial charge < -0.3 is 20.3 Å². The molecule has 3 N–H and O–H groups in total. The summed E-state index contributed by atoms with van der Waals surface area (Å²) in [6.45, 7) is 0.323. The van der Waals surface area contributed by atoms with Gasteiger partial charge in [0, 0.05) is 12.5 Å². The van der Waals surface area contributed by atoms with Gasteiger partial charge in [-0.3, -0.25) is 9.59 Å². The van der Waals surface area contributed by atoms with Gasteiger partial charge in [-0.15, -0.1) is 0 Å². The van der Waals surface area contributed by atoms with Crippen LogP contribution in [0.2, 0.25) is 0 Å². The molecule has 1 aromatic carbocycles. The van der Waals surface area contributed by atoms with Gasteiger partial charge in [0.1, 0.15) is 17.9 Å². The Morgan fingerprint density at radius 3 is 2.53 bits per heavy atom. The lowest BCUT2D eigenvalue weighted by Crippen LogP contribution is -2.38. The van der Waals surface area contributed by atoms with Crippen LogP contribution in [0.4, 0.5) is 0 Å². The van der Waals surface area contributed by atoms with Crippen LogP contribution in [-0.4, -0.2) is 40.8 Å². The van der Waals surface area contributed by atoms with Crippen molar-refractivity contribution in [2.24, 2.45) is 5.92 Å². The minimum Gasteiger partial charge on any atom is -0.489 e. The van der Waals surface area contributed by atoms with Crippen molar-refractivity contribution in [3.05, 3.63) is 30.3 Å². The second kappa shape index (κ2) is 5.71. The van der Waals surface area contributed by atoms with Crippen LogP contribution in [0.1, 0.15) is 6.42 Å². The fourth-order valence-electron chi connectivity index (χ4n) is 2.28. The molecular formula is C13H15NO5. The standard InChI is InChI=1S/C13H15NO5/c15-11(16)6-9-10(7-14-12(9)13(17)18)19-8-4-2-1-3-5-8/h1-5,9-10,12,14H,6-7H2,(H,15,16)(H,17,18)/t9-,10?,12?/m0/s1. The Labute approximate surface area is 110 Å². The van der Waals surface area contributed by atoms with Crippen LogP contribution in [0, 0.1) is 5.92 Å². The number of hydrogen-bond donors (Lipinski definition) is 3. The highest BCUT2D eigenvalue weighted by Gasteiger charge is 2.42. The maximum absolute atomic E-state index is 11.1. The number of carboxylic acids is 2. The molecule has 6 nitrogen and oxygen atoms in total. The van der Waals surface area contributed by atoms with Gasteiger partial charge in [-0.05, 0) is 12.1 Å². The van der Waals surface area contributed by atoms with E-state index in [-0.39, 0.29) is 6.42 Å². The number of benzene rings is 1. The summed E-state index contributed by atoms with van der Waals surface area (Å²) >= 11 is 0. The number of hydrogen-bond acceptors (Lipinski definition) is 4. The minimum absolute atomic E-state index is 0.235. The van der Waals surface area contributed by atoms with E-state index < -0.39 is 30.0 Å². The zero-order chi connectivity index (χ0) is 13.8. The molecule has 1 saturated heterocycles. The molecule has 102 valence electrons. The van der Waals surface area contributed by atoms with Gasteiger partial charge >= 0.3 is 11.9 Å². The maximum atomic E-state index is 11.1. The van der Waals surface area contributed by atoms with Crippen LogP contribution >= 0.6 is 0 Å². The summed E-state index contributed by atoms with van der Waals surface area (Å²) in [6.07, 6.45) is -0.693. The molecule has 19 heavy (non-hydrogen) atoms. The Balaban J connectivity index is 2.10. The average molecular weight is 265 g/mol. The third-order valence-corrected chi connectivity index (χ3v) is 3.15. The number of carboxylic acid groups (broad SMARTS) is 2. The van der Waals surface area contributed by atoms with Crippen molar-refractivity contribution in [2.75, 3.05) is 6.54 Å². The van der Waals surface area contributed by atoms with Crippen molar-refractivity contribution >= 4 is 11.9 Å². The summed E-state index contributed by atoms with van der Waals surface area (Å²) in [4.78, 5) is 21.9. The molecule has 0 aliphatic carbocycles. The predicted octanol–water partition coefficient (Wildman–Crippen LogP) is 0.581. The minimum atomic E-state index is -1.05. The Bertz CT molecular complexity index is 461. The lowest BCUT2D eigenvalue weighted by atomic mass is 9.94. The highest BCUT2D eigenvalue weighted by atomic mass is 16.5. The molecule has 1 aliphatic heterocycles. The van der Waals surface area contributed by atoms with Crippen LogP contribution in [0.3, 0.4) is 0 Å². The Morgan fingerprint density at radius 2 is 1.95 bits per heavy atom. The first kappa shape index (κ1) is 13.4. The summed E-state index contributed by atoms with van der Waals surface area (Å²) in [5.74, 6) is -2.06. The van der Waals surface area contributed by atoms with Gasteiger partial charge in [-0.1, -0.05) is 18.2 Å². The summed E-state index contributed by atoms with van der Waals surface area (Å²) in [5.41, 5.74) is 0.